The van der Waals surface area contributed by atoms with Gasteiger partial charge in [-0.15, -0.1) is 0 Å². The van der Waals surface area contributed by atoms with Crippen molar-refractivity contribution in [1.82, 2.24) is 5.32 Å². The van der Waals surface area contributed by atoms with Gasteiger partial charge in [-0.1, -0.05) is 15.9 Å². The predicted octanol–water partition coefficient (Wildman–Crippen LogP) is 2.73. The van der Waals surface area contributed by atoms with Crippen LogP contribution < -0.4 is 10.1 Å². The number of benzene rings is 1. The van der Waals surface area contributed by atoms with Gasteiger partial charge in [0.1, 0.15) is 5.75 Å². The Bertz CT molecular complexity index is 453. The Morgan fingerprint density at radius 1 is 1.32 bits per heavy atom. The van der Waals surface area contributed by atoms with Crippen LogP contribution in [0.2, 0.25) is 0 Å². The second-order valence-electron chi connectivity index (χ2n) is 5.52. The van der Waals surface area contributed by atoms with E-state index in [9.17, 15) is 0 Å². The highest BCUT2D eigenvalue weighted by atomic mass is 79.9. The molecule has 0 radical (unpaired) electrons. The lowest BCUT2D eigenvalue weighted by atomic mass is 9.65. The Hall–Kier alpha value is -0.580. The molecule has 2 aliphatic heterocycles. The topological polar surface area (TPSA) is 30.5 Å². The predicted molar refractivity (Wildman–Crippen MR) is 78.8 cm³/mol. The Morgan fingerprint density at radius 2 is 2.05 bits per heavy atom. The molecule has 19 heavy (non-hydrogen) atoms. The molecule has 104 valence electrons. The zero-order valence-electron chi connectivity index (χ0n) is 11.2. The molecular formula is C15H20BrNO2. The molecule has 2 fully saturated rings. The fourth-order valence-corrected chi connectivity index (χ4v) is 3.74. The van der Waals surface area contributed by atoms with Crippen molar-refractivity contribution < 1.29 is 9.47 Å². The first kappa shape index (κ1) is 13.4. The molecule has 2 heterocycles. The van der Waals surface area contributed by atoms with Gasteiger partial charge >= 0.3 is 0 Å². The maximum absolute atomic E-state index is 5.59. The highest BCUT2D eigenvalue weighted by molar-refractivity contribution is 9.10. The summed E-state index contributed by atoms with van der Waals surface area (Å²) >= 11 is 3.59. The van der Waals surface area contributed by atoms with E-state index in [-0.39, 0.29) is 5.41 Å². The van der Waals surface area contributed by atoms with E-state index in [0.717, 1.165) is 36.5 Å². The van der Waals surface area contributed by atoms with E-state index in [2.05, 4.69) is 33.4 Å². The molecule has 3 nitrogen and oxygen atoms in total. The molecule has 0 amide bonds. The molecule has 1 aromatic carbocycles. The number of hydrogen-bond donors (Lipinski definition) is 1. The second kappa shape index (κ2) is 5.43. The molecule has 0 spiro atoms. The maximum Gasteiger partial charge on any atom is 0.122 e. The van der Waals surface area contributed by atoms with E-state index in [1.54, 1.807) is 7.11 Å². The summed E-state index contributed by atoms with van der Waals surface area (Å²) in [6, 6.07) is 6.31. The summed E-state index contributed by atoms with van der Waals surface area (Å²) in [5, 5.41) is 3.45. The Labute approximate surface area is 122 Å². The van der Waals surface area contributed by atoms with Crippen molar-refractivity contribution in [3.8, 4) is 5.75 Å². The van der Waals surface area contributed by atoms with Crippen LogP contribution in [0.3, 0.4) is 0 Å². The minimum absolute atomic E-state index is 0.150. The van der Waals surface area contributed by atoms with Crippen LogP contribution in [0.1, 0.15) is 18.4 Å². The smallest absolute Gasteiger partial charge is 0.122 e. The fourth-order valence-electron chi connectivity index (χ4n) is 3.38. The largest absolute Gasteiger partial charge is 0.496 e. The van der Waals surface area contributed by atoms with Gasteiger partial charge in [0.25, 0.3) is 0 Å². The van der Waals surface area contributed by atoms with E-state index in [4.69, 9.17) is 9.47 Å². The van der Waals surface area contributed by atoms with Crippen LogP contribution in [0, 0.1) is 5.92 Å². The zero-order chi connectivity index (χ0) is 13.3. The van der Waals surface area contributed by atoms with Crippen LogP contribution in [-0.2, 0) is 10.2 Å². The zero-order valence-corrected chi connectivity index (χ0v) is 12.8. The van der Waals surface area contributed by atoms with Gasteiger partial charge in [0.2, 0.25) is 0 Å². The molecule has 3 rings (SSSR count). The Morgan fingerprint density at radius 3 is 2.63 bits per heavy atom. The van der Waals surface area contributed by atoms with E-state index >= 15 is 0 Å². The van der Waals surface area contributed by atoms with Crippen LogP contribution in [0.5, 0.6) is 5.75 Å². The lowest BCUT2D eigenvalue weighted by Crippen LogP contribution is -2.55. The third-order valence-electron chi connectivity index (χ3n) is 4.54. The highest BCUT2D eigenvalue weighted by Gasteiger charge is 2.48. The van der Waals surface area contributed by atoms with E-state index < -0.39 is 0 Å². The number of nitrogens with one attached hydrogen (secondary N) is 1. The van der Waals surface area contributed by atoms with E-state index in [1.165, 1.54) is 18.4 Å². The fraction of sp³-hybridized carbons (Fsp3) is 0.600. The van der Waals surface area contributed by atoms with Gasteiger partial charge in [0.15, 0.2) is 0 Å². The summed E-state index contributed by atoms with van der Waals surface area (Å²) in [4.78, 5) is 0. The van der Waals surface area contributed by atoms with Crippen molar-refractivity contribution in [3.63, 3.8) is 0 Å². The molecule has 0 bridgehead atoms. The van der Waals surface area contributed by atoms with Crippen LogP contribution in [0.15, 0.2) is 22.7 Å². The lowest BCUT2D eigenvalue weighted by Gasteiger charge is -2.49. The molecule has 0 atom stereocenters. The number of rotatable bonds is 3. The van der Waals surface area contributed by atoms with Gasteiger partial charge < -0.3 is 14.8 Å². The van der Waals surface area contributed by atoms with Crippen LogP contribution in [0.25, 0.3) is 0 Å². The number of methoxy groups -OCH3 is 1. The average molecular weight is 326 g/mol. The third kappa shape index (κ3) is 2.30. The molecular weight excluding hydrogens is 306 g/mol. The summed E-state index contributed by atoms with van der Waals surface area (Å²) < 4.78 is 12.3. The van der Waals surface area contributed by atoms with Crippen molar-refractivity contribution in [3.05, 3.63) is 28.2 Å². The first-order valence-electron chi connectivity index (χ1n) is 6.89. The molecule has 0 unspecified atom stereocenters. The molecule has 1 N–H and O–H groups in total. The van der Waals surface area contributed by atoms with Crippen LogP contribution >= 0.6 is 15.9 Å². The first-order valence-corrected chi connectivity index (χ1v) is 7.68. The lowest BCUT2D eigenvalue weighted by molar-refractivity contribution is -0.0972. The van der Waals surface area contributed by atoms with Crippen molar-refractivity contribution in [2.24, 2.45) is 5.92 Å². The number of ether oxygens (including phenoxy) is 2. The van der Waals surface area contributed by atoms with Crippen molar-refractivity contribution >= 4 is 15.9 Å². The number of halogens is 1. The Balaban J connectivity index is 1.99. The summed E-state index contributed by atoms with van der Waals surface area (Å²) in [5.74, 6) is 1.68. The van der Waals surface area contributed by atoms with Gasteiger partial charge in [-0.3, -0.25) is 0 Å². The minimum atomic E-state index is 0.150. The van der Waals surface area contributed by atoms with E-state index in [1.807, 2.05) is 6.07 Å². The first-order chi connectivity index (χ1) is 9.26. The second-order valence-corrected chi connectivity index (χ2v) is 6.43. The normalized spacial score (nSPS) is 22.8. The SMILES string of the molecule is COc1ccc(Br)cc1C1(C2CCNCC2)COC1. The van der Waals surface area contributed by atoms with Gasteiger partial charge in [0, 0.05) is 15.5 Å². The monoisotopic (exact) mass is 325 g/mol. The third-order valence-corrected chi connectivity index (χ3v) is 5.03. The van der Waals surface area contributed by atoms with Crippen molar-refractivity contribution in [1.29, 1.82) is 0 Å². The standard InChI is InChI=1S/C15H20BrNO2/c1-18-14-3-2-12(16)8-13(14)15(9-19-10-15)11-4-6-17-7-5-11/h2-3,8,11,17H,4-7,9-10H2,1H3. The summed E-state index contributed by atoms with van der Waals surface area (Å²) in [5.41, 5.74) is 1.46. The summed E-state index contributed by atoms with van der Waals surface area (Å²) in [7, 11) is 1.75. The minimum Gasteiger partial charge on any atom is -0.496 e. The molecule has 0 saturated carbocycles. The average Bonchev–Trinajstić information content (AvgIpc) is 2.39. The van der Waals surface area contributed by atoms with Gasteiger partial charge in [-0.2, -0.15) is 0 Å². The molecule has 0 aliphatic carbocycles. The summed E-state index contributed by atoms with van der Waals surface area (Å²) in [6.07, 6.45) is 2.44. The highest BCUT2D eigenvalue weighted by Crippen LogP contribution is 2.47. The van der Waals surface area contributed by atoms with Gasteiger partial charge in [-0.25, -0.2) is 0 Å². The quantitative estimate of drug-likeness (QED) is 0.926. The van der Waals surface area contributed by atoms with Crippen LogP contribution in [0.4, 0.5) is 0 Å². The van der Waals surface area contributed by atoms with E-state index in [0.29, 0.717) is 5.92 Å². The van der Waals surface area contributed by atoms with Crippen LogP contribution in [-0.4, -0.2) is 33.4 Å². The number of piperidine rings is 1. The Kier molecular flexibility index (Phi) is 3.83. The molecule has 2 saturated heterocycles. The van der Waals surface area contributed by atoms with Crippen molar-refractivity contribution in [2.45, 2.75) is 18.3 Å². The molecule has 0 aromatic heterocycles. The maximum atomic E-state index is 5.59. The molecule has 1 aromatic rings. The molecule has 4 heteroatoms. The van der Waals surface area contributed by atoms with Crippen molar-refractivity contribution in [2.75, 3.05) is 33.4 Å². The molecule has 2 aliphatic rings. The van der Waals surface area contributed by atoms with Gasteiger partial charge in [0.05, 0.1) is 20.3 Å². The number of hydrogen-bond acceptors (Lipinski definition) is 3. The van der Waals surface area contributed by atoms with Gasteiger partial charge in [-0.05, 0) is 50.0 Å². The summed E-state index contributed by atoms with van der Waals surface area (Å²) in [6.45, 7) is 3.88.